The van der Waals surface area contributed by atoms with Gasteiger partial charge in [0, 0.05) is 24.3 Å². The van der Waals surface area contributed by atoms with Crippen LogP contribution in [0.4, 0.5) is 11.4 Å². The van der Waals surface area contributed by atoms with Gasteiger partial charge in [0.25, 0.3) is 0 Å². The molecule has 1 fully saturated rings. The molecule has 0 bridgehead atoms. The number of sulfone groups is 1. The number of hydrogen-bond acceptors (Lipinski definition) is 5. The summed E-state index contributed by atoms with van der Waals surface area (Å²) in [7, 11) is -2.90. The molecule has 1 atom stereocenters. The van der Waals surface area contributed by atoms with Crippen molar-refractivity contribution >= 4 is 21.2 Å². The Morgan fingerprint density at radius 1 is 1.47 bits per heavy atom. The largest absolute Gasteiger partial charge is 0.492 e. The topological polar surface area (TPSA) is 72.6 Å². The van der Waals surface area contributed by atoms with E-state index < -0.39 is 9.84 Å². The predicted molar refractivity (Wildman–Crippen MR) is 77.5 cm³/mol. The summed E-state index contributed by atoms with van der Waals surface area (Å²) < 4.78 is 28.7. The van der Waals surface area contributed by atoms with E-state index in [1.165, 1.54) is 0 Å². The van der Waals surface area contributed by atoms with E-state index in [1.807, 2.05) is 26.0 Å². The number of nitrogens with zero attached hydrogens (tertiary/aromatic N) is 1. The summed E-state index contributed by atoms with van der Waals surface area (Å²) in [5, 5.41) is 0. The van der Waals surface area contributed by atoms with Crippen molar-refractivity contribution in [3.63, 3.8) is 0 Å². The van der Waals surface area contributed by atoms with Crippen molar-refractivity contribution in [2.75, 3.05) is 35.3 Å². The minimum atomic E-state index is -2.90. The molecular formula is C13H20N2O3S. The third-order valence-corrected chi connectivity index (χ3v) is 5.09. The monoisotopic (exact) mass is 284 g/mol. The number of rotatable bonds is 3. The fourth-order valence-corrected chi connectivity index (χ4v) is 3.92. The van der Waals surface area contributed by atoms with Gasteiger partial charge in [0.1, 0.15) is 5.75 Å². The summed E-state index contributed by atoms with van der Waals surface area (Å²) in [4.78, 5) is 2.09. The summed E-state index contributed by atoms with van der Waals surface area (Å²) >= 11 is 0. The lowest BCUT2D eigenvalue weighted by Gasteiger charge is -2.35. The molecule has 0 radical (unpaired) electrons. The summed E-state index contributed by atoms with van der Waals surface area (Å²) in [6.45, 7) is 4.90. The summed E-state index contributed by atoms with van der Waals surface area (Å²) in [5.41, 5.74) is 7.40. The maximum atomic E-state index is 11.6. The molecule has 0 aliphatic carbocycles. The molecule has 1 saturated heterocycles. The van der Waals surface area contributed by atoms with Crippen molar-refractivity contribution in [1.29, 1.82) is 0 Å². The Kier molecular flexibility index (Phi) is 3.89. The summed E-state index contributed by atoms with van der Waals surface area (Å²) in [6, 6.07) is 5.56. The fraction of sp³-hybridized carbons (Fsp3) is 0.538. The van der Waals surface area contributed by atoms with Gasteiger partial charge in [0.15, 0.2) is 9.84 Å². The van der Waals surface area contributed by atoms with Gasteiger partial charge in [-0.1, -0.05) is 0 Å². The maximum Gasteiger partial charge on any atom is 0.154 e. The van der Waals surface area contributed by atoms with E-state index in [1.54, 1.807) is 6.07 Å². The average Bonchev–Trinajstić information content (AvgIpc) is 2.32. The van der Waals surface area contributed by atoms with Crippen LogP contribution in [0.15, 0.2) is 18.2 Å². The van der Waals surface area contributed by atoms with Crippen molar-refractivity contribution in [3.8, 4) is 5.75 Å². The van der Waals surface area contributed by atoms with Crippen LogP contribution >= 0.6 is 0 Å². The summed E-state index contributed by atoms with van der Waals surface area (Å²) in [5.74, 6) is 1.05. The van der Waals surface area contributed by atoms with E-state index in [0.29, 0.717) is 24.6 Å². The van der Waals surface area contributed by atoms with Crippen molar-refractivity contribution in [2.24, 2.45) is 0 Å². The maximum absolute atomic E-state index is 11.6. The molecule has 0 spiro atoms. The van der Waals surface area contributed by atoms with Gasteiger partial charge in [-0.3, -0.25) is 0 Å². The zero-order chi connectivity index (χ0) is 14.0. The van der Waals surface area contributed by atoms with Crippen LogP contribution in [0.2, 0.25) is 0 Å². The van der Waals surface area contributed by atoms with Gasteiger partial charge in [-0.15, -0.1) is 0 Å². The van der Waals surface area contributed by atoms with E-state index in [2.05, 4.69) is 4.90 Å². The fourth-order valence-electron chi connectivity index (χ4n) is 2.36. The molecule has 1 unspecified atom stereocenters. The molecule has 6 heteroatoms. The number of nitrogens with two attached hydrogens (primary N) is 1. The van der Waals surface area contributed by atoms with Crippen LogP contribution in [0.3, 0.4) is 0 Å². The Bertz CT molecular complexity index is 557. The van der Waals surface area contributed by atoms with Gasteiger partial charge in [-0.2, -0.15) is 0 Å². The van der Waals surface area contributed by atoms with Crippen LogP contribution < -0.4 is 15.4 Å². The van der Waals surface area contributed by atoms with E-state index in [0.717, 1.165) is 5.69 Å². The first-order valence-electron chi connectivity index (χ1n) is 6.42. The van der Waals surface area contributed by atoms with Gasteiger partial charge in [-0.25, -0.2) is 8.42 Å². The molecule has 0 saturated carbocycles. The third kappa shape index (κ3) is 3.12. The highest BCUT2D eigenvalue weighted by molar-refractivity contribution is 7.91. The molecule has 0 amide bonds. The predicted octanol–water partition coefficient (Wildman–Crippen LogP) is 1.29. The highest BCUT2D eigenvalue weighted by atomic mass is 32.2. The highest BCUT2D eigenvalue weighted by Gasteiger charge is 2.28. The molecule has 106 valence electrons. The lowest BCUT2D eigenvalue weighted by molar-refractivity contribution is 0.342. The summed E-state index contributed by atoms with van der Waals surface area (Å²) in [6.07, 6.45) is 0. The Morgan fingerprint density at radius 3 is 2.84 bits per heavy atom. The molecule has 1 aliphatic rings. The van der Waals surface area contributed by atoms with Crippen LogP contribution in [-0.4, -0.2) is 39.1 Å². The van der Waals surface area contributed by atoms with Crippen LogP contribution in [-0.2, 0) is 9.84 Å². The first-order chi connectivity index (χ1) is 8.93. The van der Waals surface area contributed by atoms with Gasteiger partial charge in [0.05, 0.1) is 23.8 Å². The van der Waals surface area contributed by atoms with Crippen molar-refractivity contribution < 1.29 is 13.2 Å². The van der Waals surface area contributed by atoms with Crippen molar-refractivity contribution in [3.05, 3.63) is 18.2 Å². The molecule has 1 aliphatic heterocycles. The lowest BCUT2D eigenvalue weighted by Crippen LogP contribution is -2.47. The average molecular weight is 284 g/mol. The molecule has 1 aromatic rings. The number of nitrogen functional groups attached to an aromatic ring is 1. The first kappa shape index (κ1) is 14.0. The molecular weight excluding hydrogens is 264 g/mol. The normalized spacial score (nSPS) is 22.2. The van der Waals surface area contributed by atoms with Gasteiger partial charge in [0.2, 0.25) is 0 Å². The zero-order valence-corrected chi connectivity index (χ0v) is 12.1. The smallest absolute Gasteiger partial charge is 0.154 e. The van der Waals surface area contributed by atoms with Crippen LogP contribution in [0, 0.1) is 0 Å². The van der Waals surface area contributed by atoms with E-state index >= 15 is 0 Å². The number of ether oxygens (including phenoxy) is 1. The lowest BCUT2D eigenvalue weighted by atomic mass is 10.2. The first-order valence-corrected chi connectivity index (χ1v) is 8.24. The second kappa shape index (κ2) is 5.28. The van der Waals surface area contributed by atoms with Gasteiger partial charge >= 0.3 is 0 Å². The third-order valence-electron chi connectivity index (χ3n) is 3.30. The highest BCUT2D eigenvalue weighted by Crippen LogP contribution is 2.30. The quantitative estimate of drug-likeness (QED) is 0.847. The zero-order valence-electron chi connectivity index (χ0n) is 11.3. The van der Waals surface area contributed by atoms with Crippen molar-refractivity contribution in [2.45, 2.75) is 19.9 Å². The Hall–Kier alpha value is -1.43. The molecule has 1 aromatic carbocycles. The number of hydrogen-bond donors (Lipinski definition) is 1. The van der Waals surface area contributed by atoms with Gasteiger partial charge in [-0.05, 0) is 26.0 Å². The second-order valence-electron chi connectivity index (χ2n) is 4.81. The number of benzene rings is 1. The molecule has 1 heterocycles. The van der Waals surface area contributed by atoms with Gasteiger partial charge < -0.3 is 15.4 Å². The minimum absolute atomic E-state index is 0.0307. The van der Waals surface area contributed by atoms with Crippen molar-refractivity contribution in [1.82, 2.24) is 0 Å². The minimum Gasteiger partial charge on any atom is -0.492 e. The van der Waals surface area contributed by atoms with Crippen LogP contribution in [0.5, 0.6) is 5.75 Å². The molecule has 0 aromatic heterocycles. The standard InChI is InChI=1S/C13H20N2O3S/c1-3-18-13-8-11(4-5-12(13)14)15-6-7-19(16,17)9-10(15)2/h4-5,8,10H,3,6-7,9,14H2,1-2H3. The SMILES string of the molecule is CCOc1cc(N2CCS(=O)(=O)CC2C)ccc1N. The molecule has 2 N–H and O–H groups in total. The Morgan fingerprint density at radius 2 is 2.21 bits per heavy atom. The second-order valence-corrected chi connectivity index (χ2v) is 7.04. The Labute approximate surface area is 114 Å². The van der Waals surface area contributed by atoms with E-state index in [4.69, 9.17) is 10.5 Å². The van der Waals surface area contributed by atoms with Crippen LogP contribution in [0.1, 0.15) is 13.8 Å². The molecule has 2 rings (SSSR count). The molecule has 19 heavy (non-hydrogen) atoms. The van der Waals surface area contributed by atoms with E-state index in [9.17, 15) is 8.42 Å². The Balaban J connectivity index is 2.25. The van der Waals surface area contributed by atoms with Crippen LogP contribution in [0.25, 0.3) is 0 Å². The van der Waals surface area contributed by atoms with E-state index in [-0.39, 0.29) is 17.5 Å². The number of anilines is 2. The molecule has 5 nitrogen and oxygen atoms in total.